The second-order valence-corrected chi connectivity index (χ2v) is 6.72. The average Bonchev–Trinajstić information content (AvgIpc) is 3.14. The van der Waals surface area contributed by atoms with Crippen LogP contribution in [0.2, 0.25) is 0 Å². The number of aromatic nitrogens is 2. The molecule has 0 radical (unpaired) electrons. The van der Waals surface area contributed by atoms with Gasteiger partial charge in [0.2, 0.25) is 5.91 Å². The zero-order valence-corrected chi connectivity index (χ0v) is 17.9. The van der Waals surface area contributed by atoms with E-state index in [4.69, 9.17) is 4.74 Å². The Morgan fingerprint density at radius 2 is 1.79 bits per heavy atom. The van der Waals surface area contributed by atoms with Crippen molar-refractivity contribution < 1.29 is 9.53 Å². The van der Waals surface area contributed by atoms with Crippen molar-refractivity contribution in [2.24, 2.45) is 7.05 Å². The van der Waals surface area contributed by atoms with Gasteiger partial charge in [-0.15, -0.1) is 12.4 Å². The molecule has 6 nitrogen and oxygen atoms in total. The topological polar surface area (TPSA) is 68.2 Å². The molecule has 0 saturated carbocycles. The monoisotopic (exact) mass is 414 g/mol. The van der Waals surface area contributed by atoms with Gasteiger partial charge >= 0.3 is 0 Å². The van der Waals surface area contributed by atoms with Crippen LogP contribution in [0.1, 0.15) is 30.1 Å². The molecular formula is C22H27ClN4O2. The first kappa shape index (κ1) is 22.5. The summed E-state index contributed by atoms with van der Waals surface area (Å²) >= 11 is 0. The van der Waals surface area contributed by atoms with Crippen LogP contribution in [0.15, 0.2) is 60.9 Å². The number of likely N-dealkylation sites (N-methyl/N-ethyl adjacent to an activating group) is 1. The summed E-state index contributed by atoms with van der Waals surface area (Å²) in [5, 5.41) is 10.3. The Kier molecular flexibility index (Phi) is 7.82. The normalized spacial score (nSPS) is 12.6. The molecule has 1 amide bonds. The van der Waals surface area contributed by atoms with Crippen molar-refractivity contribution in [3.8, 4) is 16.9 Å². The summed E-state index contributed by atoms with van der Waals surface area (Å²) < 4.78 is 7.13. The third-order valence-corrected chi connectivity index (χ3v) is 4.80. The van der Waals surface area contributed by atoms with E-state index in [0.717, 1.165) is 28.0 Å². The van der Waals surface area contributed by atoms with Gasteiger partial charge in [0.05, 0.1) is 19.3 Å². The maximum Gasteiger partial charge on any atom is 0.242 e. The van der Waals surface area contributed by atoms with Gasteiger partial charge in [0.1, 0.15) is 11.8 Å². The van der Waals surface area contributed by atoms with E-state index in [-0.39, 0.29) is 24.4 Å². The minimum Gasteiger partial charge on any atom is -0.496 e. The molecule has 7 heteroatoms. The molecule has 2 atom stereocenters. The van der Waals surface area contributed by atoms with Crippen LogP contribution in [0.5, 0.6) is 5.75 Å². The Hall–Kier alpha value is -2.83. The van der Waals surface area contributed by atoms with Crippen LogP contribution < -0.4 is 15.4 Å². The smallest absolute Gasteiger partial charge is 0.242 e. The molecule has 29 heavy (non-hydrogen) atoms. The number of halogens is 1. The number of carbonyl (C=O) groups excluding carboxylic acids is 1. The van der Waals surface area contributed by atoms with Crippen molar-refractivity contribution >= 4 is 18.3 Å². The lowest BCUT2D eigenvalue weighted by molar-refractivity contribution is -0.123. The number of methoxy groups -OCH3 is 1. The molecule has 0 aliphatic heterocycles. The lowest BCUT2D eigenvalue weighted by Gasteiger charge is -2.20. The van der Waals surface area contributed by atoms with E-state index in [1.165, 1.54) is 0 Å². The van der Waals surface area contributed by atoms with Gasteiger partial charge in [0.15, 0.2) is 0 Å². The molecule has 2 aromatic carbocycles. The number of amides is 1. The number of nitrogens with one attached hydrogen (secondary N) is 2. The Morgan fingerprint density at radius 3 is 2.38 bits per heavy atom. The maximum atomic E-state index is 12.7. The Morgan fingerprint density at radius 1 is 1.10 bits per heavy atom. The number of hydrogen-bond acceptors (Lipinski definition) is 4. The highest BCUT2D eigenvalue weighted by Crippen LogP contribution is 2.30. The Balaban J connectivity index is 0.00000300. The molecule has 1 aromatic heterocycles. The summed E-state index contributed by atoms with van der Waals surface area (Å²) in [6.45, 7) is 1.98. The molecule has 0 aliphatic carbocycles. The number of para-hydroxylation sites is 1. The van der Waals surface area contributed by atoms with Gasteiger partial charge in [-0.3, -0.25) is 9.48 Å². The molecule has 2 N–H and O–H groups in total. The Bertz CT molecular complexity index is 940. The van der Waals surface area contributed by atoms with Gasteiger partial charge in [-0.25, -0.2) is 0 Å². The van der Waals surface area contributed by atoms with Gasteiger partial charge in [-0.05, 0) is 31.2 Å². The van der Waals surface area contributed by atoms with Gasteiger partial charge in [0.25, 0.3) is 0 Å². The van der Waals surface area contributed by atoms with Crippen LogP contribution in [-0.2, 0) is 11.8 Å². The van der Waals surface area contributed by atoms with Crippen LogP contribution >= 0.6 is 12.4 Å². The number of hydrogen-bond donors (Lipinski definition) is 2. The van der Waals surface area contributed by atoms with E-state index in [0.29, 0.717) is 0 Å². The minimum atomic E-state index is -0.441. The van der Waals surface area contributed by atoms with E-state index in [2.05, 4.69) is 15.7 Å². The summed E-state index contributed by atoms with van der Waals surface area (Å²) in [6.07, 6.45) is 3.54. The number of nitrogens with zero attached hydrogens (tertiary/aromatic N) is 2. The zero-order chi connectivity index (χ0) is 20.1. The molecule has 0 aliphatic rings. The second-order valence-electron chi connectivity index (χ2n) is 6.72. The van der Waals surface area contributed by atoms with Crippen molar-refractivity contribution in [1.82, 2.24) is 20.4 Å². The molecule has 0 bridgehead atoms. The summed E-state index contributed by atoms with van der Waals surface area (Å²) in [7, 11) is 5.27. The number of benzene rings is 2. The van der Waals surface area contributed by atoms with Crippen LogP contribution in [0, 0.1) is 0 Å². The first-order valence-electron chi connectivity index (χ1n) is 9.23. The summed E-state index contributed by atoms with van der Waals surface area (Å²) in [4.78, 5) is 12.7. The van der Waals surface area contributed by atoms with Crippen molar-refractivity contribution in [2.75, 3.05) is 14.2 Å². The molecule has 3 rings (SSSR count). The van der Waals surface area contributed by atoms with Crippen molar-refractivity contribution in [1.29, 1.82) is 0 Å². The third kappa shape index (κ3) is 5.16. The standard InChI is InChI=1S/C22H26N4O2.ClH/c1-15(25-22(27)21(23-2)18-13-24-26(3)14-18)16-9-11-17(12-10-16)19-7-5-6-8-20(19)28-4;/h5-15,21,23H,1-4H3,(H,25,27);1H. The summed E-state index contributed by atoms with van der Waals surface area (Å²) in [5.74, 6) is 0.752. The number of carbonyl (C=O) groups is 1. The second kappa shape index (κ2) is 10.1. The van der Waals surface area contributed by atoms with Crippen molar-refractivity contribution in [3.63, 3.8) is 0 Å². The molecule has 0 spiro atoms. The molecule has 0 saturated heterocycles. The fraction of sp³-hybridized carbons (Fsp3) is 0.273. The van der Waals surface area contributed by atoms with Crippen LogP contribution in [0.3, 0.4) is 0 Å². The van der Waals surface area contributed by atoms with Crippen molar-refractivity contribution in [2.45, 2.75) is 19.0 Å². The third-order valence-electron chi connectivity index (χ3n) is 4.80. The molecule has 1 heterocycles. The first-order valence-corrected chi connectivity index (χ1v) is 9.23. The Labute approximate surface area is 177 Å². The SMILES string of the molecule is CNC(C(=O)NC(C)c1ccc(-c2ccccc2OC)cc1)c1cnn(C)c1.Cl. The van der Waals surface area contributed by atoms with Crippen LogP contribution in [0.25, 0.3) is 11.1 Å². The van der Waals surface area contributed by atoms with Gasteiger partial charge < -0.3 is 15.4 Å². The lowest BCUT2D eigenvalue weighted by atomic mass is 10.0. The lowest BCUT2D eigenvalue weighted by Crippen LogP contribution is -2.37. The molecule has 0 fully saturated rings. The van der Waals surface area contributed by atoms with Gasteiger partial charge in [0, 0.05) is 24.4 Å². The van der Waals surface area contributed by atoms with E-state index >= 15 is 0 Å². The maximum absolute atomic E-state index is 12.7. The van der Waals surface area contributed by atoms with Crippen LogP contribution in [-0.4, -0.2) is 29.8 Å². The van der Waals surface area contributed by atoms with Gasteiger partial charge in [-0.2, -0.15) is 5.10 Å². The number of ether oxygens (including phenoxy) is 1. The van der Waals surface area contributed by atoms with E-state index in [1.807, 2.05) is 68.7 Å². The largest absolute Gasteiger partial charge is 0.496 e. The van der Waals surface area contributed by atoms with Crippen molar-refractivity contribution in [3.05, 3.63) is 72.1 Å². The predicted octanol–water partition coefficient (Wildman–Crippen LogP) is 3.66. The van der Waals surface area contributed by atoms with E-state index in [1.54, 1.807) is 25.0 Å². The number of aryl methyl sites for hydroxylation is 1. The molecule has 3 aromatic rings. The molecule has 154 valence electrons. The quantitative estimate of drug-likeness (QED) is 0.619. The fourth-order valence-electron chi connectivity index (χ4n) is 3.25. The highest BCUT2D eigenvalue weighted by atomic mass is 35.5. The zero-order valence-electron chi connectivity index (χ0n) is 17.0. The van der Waals surface area contributed by atoms with E-state index in [9.17, 15) is 4.79 Å². The summed E-state index contributed by atoms with van der Waals surface area (Å²) in [6, 6.07) is 15.5. The minimum absolute atomic E-state index is 0. The predicted molar refractivity (Wildman–Crippen MR) is 117 cm³/mol. The number of rotatable bonds is 7. The highest BCUT2D eigenvalue weighted by molar-refractivity contribution is 5.85. The van der Waals surface area contributed by atoms with Gasteiger partial charge in [-0.1, -0.05) is 42.5 Å². The van der Waals surface area contributed by atoms with E-state index < -0.39 is 6.04 Å². The fourth-order valence-corrected chi connectivity index (χ4v) is 3.25. The molecule has 2 unspecified atom stereocenters. The molecular weight excluding hydrogens is 388 g/mol. The highest BCUT2D eigenvalue weighted by Gasteiger charge is 2.22. The average molecular weight is 415 g/mol. The van der Waals surface area contributed by atoms with Crippen LogP contribution in [0.4, 0.5) is 0 Å². The summed E-state index contributed by atoms with van der Waals surface area (Å²) in [5.41, 5.74) is 3.98. The first-order chi connectivity index (χ1) is 13.5.